The van der Waals surface area contributed by atoms with Gasteiger partial charge in [-0.3, -0.25) is 0 Å². The van der Waals surface area contributed by atoms with Gasteiger partial charge in [0.25, 0.3) is 0 Å². The van der Waals surface area contributed by atoms with Crippen LogP contribution in [0.15, 0.2) is 42.5 Å². The number of benzene rings is 2. The Hall–Kier alpha value is -1.58. The number of halogens is 1. The van der Waals surface area contributed by atoms with E-state index < -0.39 is 0 Å². The minimum Gasteiger partial charge on any atom is -0.508 e. The molecule has 2 aromatic carbocycles. The fraction of sp³-hybridized carbons (Fsp3) is 0.0714. The Morgan fingerprint density at radius 3 is 2.67 bits per heavy atom. The summed E-state index contributed by atoms with van der Waals surface area (Å²) in [6, 6.07) is 13.0. The molecule has 0 spiro atoms. The minimum absolute atomic E-state index is 0.282. The van der Waals surface area contributed by atoms with Gasteiger partial charge in [-0.15, -0.1) is 11.3 Å². The van der Waals surface area contributed by atoms with Gasteiger partial charge in [0.1, 0.15) is 5.75 Å². The lowest BCUT2D eigenvalue weighted by atomic mass is 10.2. The highest BCUT2D eigenvalue weighted by molar-refractivity contribution is 7.18. The van der Waals surface area contributed by atoms with Gasteiger partial charge in [-0.05, 0) is 35.9 Å². The van der Waals surface area contributed by atoms with E-state index in [0.29, 0.717) is 0 Å². The van der Waals surface area contributed by atoms with Crippen LogP contribution < -0.4 is 0 Å². The van der Waals surface area contributed by atoms with Crippen LogP contribution in [0.3, 0.4) is 0 Å². The minimum atomic E-state index is 0.282. The van der Waals surface area contributed by atoms with Gasteiger partial charge in [-0.1, -0.05) is 23.7 Å². The summed E-state index contributed by atoms with van der Waals surface area (Å²) in [4.78, 5) is 4.55. The fourth-order valence-corrected chi connectivity index (χ4v) is 2.97. The molecule has 90 valence electrons. The summed E-state index contributed by atoms with van der Waals surface area (Å²) in [5, 5.41) is 11.2. The molecule has 0 saturated carbocycles. The molecule has 0 atom stereocenters. The Kier molecular flexibility index (Phi) is 2.94. The molecular formula is C14H10ClNOS. The van der Waals surface area contributed by atoms with Crippen LogP contribution in [0.1, 0.15) is 10.6 Å². The highest BCUT2D eigenvalue weighted by atomic mass is 35.5. The number of aromatic nitrogens is 1. The van der Waals surface area contributed by atoms with Crippen molar-refractivity contribution in [1.29, 1.82) is 0 Å². The van der Waals surface area contributed by atoms with Crippen molar-refractivity contribution in [3.8, 4) is 5.75 Å². The molecule has 0 saturated heterocycles. The number of thiazole rings is 1. The molecule has 2 nitrogen and oxygen atoms in total. The Labute approximate surface area is 113 Å². The van der Waals surface area contributed by atoms with Crippen molar-refractivity contribution in [3.63, 3.8) is 0 Å². The molecule has 0 aliphatic carbocycles. The first-order valence-electron chi connectivity index (χ1n) is 5.53. The molecule has 0 amide bonds. The lowest BCUT2D eigenvalue weighted by molar-refractivity contribution is 0.476. The first-order chi connectivity index (χ1) is 8.70. The second-order valence-corrected chi connectivity index (χ2v) is 5.61. The summed E-state index contributed by atoms with van der Waals surface area (Å²) in [6.45, 7) is 0. The molecule has 0 radical (unpaired) electrons. The van der Waals surface area contributed by atoms with Gasteiger partial charge in [0.15, 0.2) is 0 Å². The Morgan fingerprint density at radius 2 is 1.89 bits per heavy atom. The van der Waals surface area contributed by atoms with Crippen LogP contribution in [-0.4, -0.2) is 10.1 Å². The summed E-state index contributed by atoms with van der Waals surface area (Å²) in [7, 11) is 0. The third kappa shape index (κ3) is 2.33. The van der Waals surface area contributed by atoms with Crippen molar-refractivity contribution < 1.29 is 5.11 Å². The van der Waals surface area contributed by atoms with Crippen molar-refractivity contribution in [2.75, 3.05) is 0 Å². The van der Waals surface area contributed by atoms with Crippen LogP contribution >= 0.6 is 22.9 Å². The number of hydrogen-bond acceptors (Lipinski definition) is 3. The fourth-order valence-electron chi connectivity index (χ4n) is 1.81. The van der Waals surface area contributed by atoms with Gasteiger partial charge in [-0.25, -0.2) is 4.98 Å². The van der Waals surface area contributed by atoms with Crippen LogP contribution in [0.5, 0.6) is 5.75 Å². The number of phenols is 1. The Bertz CT molecular complexity index is 691. The van der Waals surface area contributed by atoms with Crippen molar-refractivity contribution in [1.82, 2.24) is 4.98 Å². The van der Waals surface area contributed by atoms with Gasteiger partial charge < -0.3 is 5.11 Å². The van der Waals surface area contributed by atoms with E-state index in [-0.39, 0.29) is 5.75 Å². The molecule has 1 aromatic heterocycles. The average Bonchev–Trinajstić information content (AvgIpc) is 2.73. The molecule has 4 heteroatoms. The summed E-state index contributed by atoms with van der Waals surface area (Å²) < 4.78 is 1.01. The molecule has 3 rings (SSSR count). The average molecular weight is 276 g/mol. The zero-order valence-electron chi connectivity index (χ0n) is 9.43. The van der Waals surface area contributed by atoms with Crippen LogP contribution in [0.25, 0.3) is 10.2 Å². The summed E-state index contributed by atoms with van der Waals surface area (Å²) in [5.41, 5.74) is 2.12. The molecule has 0 aliphatic heterocycles. The quantitative estimate of drug-likeness (QED) is 0.759. The number of phenolic OH excluding ortho intramolecular Hbond substituents is 1. The monoisotopic (exact) mass is 275 g/mol. The van der Waals surface area contributed by atoms with Crippen molar-refractivity contribution in [2.45, 2.75) is 6.42 Å². The summed E-state index contributed by atoms with van der Waals surface area (Å²) in [6.07, 6.45) is 0.789. The summed E-state index contributed by atoms with van der Waals surface area (Å²) >= 11 is 7.46. The predicted octanol–water partition coefficient (Wildman–Crippen LogP) is 4.25. The second kappa shape index (κ2) is 4.59. The molecule has 0 fully saturated rings. The Morgan fingerprint density at radius 1 is 1.11 bits per heavy atom. The standard InChI is InChI=1S/C14H10ClNOS/c15-10-3-1-9(2-4-10)7-14-16-12-6-5-11(17)8-13(12)18-14/h1-6,8,17H,7H2. The van der Waals surface area contributed by atoms with E-state index in [2.05, 4.69) is 4.98 Å². The highest BCUT2D eigenvalue weighted by Gasteiger charge is 2.05. The first-order valence-corrected chi connectivity index (χ1v) is 6.73. The molecule has 0 aliphatic rings. The largest absolute Gasteiger partial charge is 0.508 e. The maximum atomic E-state index is 9.42. The van der Waals surface area contributed by atoms with Crippen LogP contribution in [0.2, 0.25) is 5.02 Å². The molecule has 18 heavy (non-hydrogen) atoms. The lowest BCUT2D eigenvalue weighted by Crippen LogP contribution is -1.85. The smallest absolute Gasteiger partial charge is 0.117 e. The number of aromatic hydroxyl groups is 1. The van der Waals surface area contributed by atoms with Gasteiger partial charge in [-0.2, -0.15) is 0 Å². The molecule has 3 aromatic rings. The van der Waals surface area contributed by atoms with Crippen LogP contribution in [-0.2, 0) is 6.42 Å². The van der Waals surface area contributed by atoms with E-state index in [1.54, 1.807) is 23.5 Å². The molecule has 0 bridgehead atoms. The molecule has 1 N–H and O–H groups in total. The summed E-state index contributed by atoms with van der Waals surface area (Å²) in [5.74, 6) is 0.282. The van der Waals surface area contributed by atoms with Gasteiger partial charge in [0, 0.05) is 11.4 Å². The SMILES string of the molecule is Oc1ccc2nc(Cc3ccc(Cl)cc3)sc2c1. The third-order valence-electron chi connectivity index (χ3n) is 2.68. The number of nitrogens with zero attached hydrogens (tertiary/aromatic N) is 1. The predicted molar refractivity (Wildman–Crippen MR) is 75.5 cm³/mol. The van der Waals surface area contributed by atoms with E-state index >= 15 is 0 Å². The zero-order valence-corrected chi connectivity index (χ0v) is 11.0. The lowest BCUT2D eigenvalue weighted by Gasteiger charge is -1.97. The molecule has 0 unspecified atom stereocenters. The Balaban J connectivity index is 1.92. The van der Waals surface area contributed by atoms with Gasteiger partial charge >= 0.3 is 0 Å². The normalized spacial score (nSPS) is 10.9. The van der Waals surface area contributed by atoms with Crippen LogP contribution in [0.4, 0.5) is 0 Å². The number of fused-ring (bicyclic) bond motifs is 1. The van der Waals surface area contributed by atoms with E-state index in [9.17, 15) is 5.11 Å². The van der Waals surface area contributed by atoms with Crippen molar-refractivity contribution in [2.24, 2.45) is 0 Å². The second-order valence-electron chi connectivity index (χ2n) is 4.06. The van der Waals surface area contributed by atoms with E-state index in [1.165, 1.54) is 5.56 Å². The molecular weight excluding hydrogens is 266 g/mol. The topological polar surface area (TPSA) is 33.1 Å². The number of hydrogen-bond donors (Lipinski definition) is 1. The maximum absolute atomic E-state index is 9.42. The van der Waals surface area contributed by atoms with E-state index in [4.69, 9.17) is 11.6 Å². The van der Waals surface area contributed by atoms with E-state index in [1.807, 2.05) is 30.3 Å². The van der Waals surface area contributed by atoms with Crippen LogP contribution in [0, 0.1) is 0 Å². The third-order valence-corrected chi connectivity index (χ3v) is 3.96. The van der Waals surface area contributed by atoms with Crippen molar-refractivity contribution >= 4 is 33.2 Å². The number of rotatable bonds is 2. The maximum Gasteiger partial charge on any atom is 0.117 e. The first kappa shape index (κ1) is 11.5. The molecule has 1 heterocycles. The van der Waals surface area contributed by atoms with Gasteiger partial charge in [0.05, 0.1) is 15.2 Å². The highest BCUT2D eigenvalue weighted by Crippen LogP contribution is 2.27. The van der Waals surface area contributed by atoms with Crippen molar-refractivity contribution in [3.05, 3.63) is 58.1 Å². The zero-order chi connectivity index (χ0) is 12.5. The van der Waals surface area contributed by atoms with E-state index in [0.717, 1.165) is 26.7 Å². The van der Waals surface area contributed by atoms with Gasteiger partial charge in [0.2, 0.25) is 0 Å².